The van der Waals surface area contributed by atoms with Crippen LogP contribution >= 0.6 is 0 Å². The number of likely N-dealkylation sites (tertiary alicyclic amines) is 1. The van der Waals surface area contributed by atoms with Crippen molar-refractivity contribution in [3.05, 3.63) is 102 Å². The molecule has 4 aromatic rings. The Labute approximate surface area is 223 Å². The van der Waals surface area contributed by atoms with Gasteiger partial charge < -0.3 is 15.0 Å². The van der Waals surface area contributed by atoms with Crippen LogP contribution in [0.15, 0.2) is 91.3 Å². The van der Waals surface area contributed by atoms with Crippen molar-refractivity contribution in [3.63, 3.8) is 0 Å². The highest BCUT2D eigenvalue weighted by Gasteiger charge is 2.25. The van der Waals surface area contributed by atoms with Crippen LogP contribution in [-0.4, -0.2) is 41.4 Å². The number of fused-ring (bicyclic) bond motifs is 1. The van der Waals surface area contributed by atoms with E-state index in [0.29, 0.717) is 12.3 Å². The van der Waals surface area contributed by atoms with Crippen molar-refractivity contribution in [1.29, 1.82) is 0 Å². The van der Waals surface area contributed by atoms with Gasteiger partial charge in [-0.25, -0.2) is 0 Å². The van der Waals surface area contributed by atoms with Gasteiger partial charge in [-0.05, 0) is 79.7 Å². The van der Waals surface area contributed by atoms with Crippen LogP contribution < -0.4 is 10.1 Å². The molecular formula is C32H33N3O3. The first-order valence-electron chi connectivity index (χ1n) is 13.3. The summed E-state index contributed by atoms with van der Waals surface area (Å²) in [6.45, 7) is 4.49. The summed E-state index contributed by atoms with van der Waals surface area (Å²) in [5.41, 5.74) is 2.57. The number of hydrogen-bond donors (Lipinski definition) is 1. The predicted octanol–water partition coefficient (Wildman–Crippen LogP) is 6.15. The van der Waals surface area contributed by atoms with E-state index >= 15 is 0 Å². The highest BCUT2D eigenvalue weighted by atomic mass is 16.5. The molecule has 2 unspecified atom stereocenters. The molecular weight excluding hydrogens is 474 g/mol. The topological polar surface area (TPSA) is 71.5 Å². The Bertz CT molecular complexity index is 1380. The lowest BCUT2D eigenvalue weighted by molar-refractivity contribution is -0.135. The van der Waals surface area contributed by atoms with Gasteiger partial charge in [0.25, 0.3) is 0 Å². The van der Waals surface area contributed by atoms with Gasteiger partial charge in [0.1, 0.15) is 5.75 Å². The number of ether oxygens (including phenoxy) is 1. The monoisotopic (exact) mass is 507 g/mol. The highest BCUT2D eigenvalue weighted by molar-refractivity contribution is 5.98. The van der Waals surface area contributed by atoms with Crippen LogP contribution in [0.3, 0.4) is 0 Å². The molecule has 6 nitrogen and oxygen atoms in total. The van der Waals surface area contributed by atoms with E-state index in [1.165, 1.54) is 6.42 Å². The van der Waals surface area contributed by atoms with E-state index in [-0.39, 0.29) is 23.7 Å². The van der Waals surface area contributed by atoms with E-state index in [2.05, 4.69) is 15.2 Å². The number of rotatable bonds is 8. The van der Waals surface area contributed by atoms with Crippen molar-refractivity contribution >= 4 is 28.3 Å². The number of benzene rings is 3. The fourth-order valence-electron chi connectivity index (χ4n) is 4.98. The van der Waals surface area contributed by atoms with Crippen molar-refractivity contribution in [2.75, 3.05) is 25.0 Å². The molecule has 0 saturated carbocycles. The molecule has 6 heteroatoms. The number of nitrogens with one attached hydrogen (secondary N) is 1. The molecule has 1 saturated heterocycles. The first-order valence-corrected chi connectivity index (χ1v) is 13.3. The number of hydrogen-bond acceptors (Lipinski definition) is 5. The van der Waals surface area contributed by atoms with Crippen LogP contribution in [0.5, 0.6) is 5.75 Å². The molecule has 2 heterocycles. The molecule has 1 N–H and O–H groups in total. The van der Waals surface area contributed by atoms with Crippen LogP contribution in [-0.2, 0) is 9.59 Å². The molecule has 38 heavy (non-hydrogen) atoms. The zero-order chi connectivity index (χ0) is 26.3. The summed E-state index contributed by atoms with van der Waals surface area (Å²) in [5, 5.41) is 5.19. The van der Waals surface area contributed by atoms with Gasteiger partial charge in [0.15, 0.2) is 0 Å². The number of aromatic nitrogens is 1. The van der Waals surface area contributed by atoms with Gasteiger partial charge in [0.2, 0.25) is 5.91 Å². The Kier molecular flexibility index (Phi) is 8.09. The van der Waals surface area contributed by atoms with E-state index in [4.69, 9.17) is 4.74 Å². The third-order valence-electron chi connectivity index (χ3n) is 7.27. The molecule has 1 aliphatic rings. The van der Waals surface area contributed by atoms with Crippen molar-refractivity contribution in [1.82, 2.24) is 9.88 Å². The zero-order valence-corrected chi connectivity index (χ0v) is 21.7. The maximum atomic E-state index is 13.6. The minimum absolute atomic E-state index is 0.0496. The normalized spacial score (nSPS) is 15.5. The standard InChI is InChI=1S/C32H33N3O3/c1-23(24-8-4-2-5-9-24)32(37)38-29-14-11-25(12-15-29)30(22-35-18-6-3-7-19-35)31(36)34-28-13-10-27-21-33-17-16-26(27)20-28/h2,4-5,8-17,20-21,23,30H,3,6-7,18-19,22H2,1H3,(H,34,36). The fraction of sp³-hybridized carbons (Fsp3) is 0.281. The van der Waals surface area contributed by atoms with E-state index in [1.807, 2.05) is 79.9 Å². The molecule has 2 atom stereocenters. The lowest BCUT2D eigenvalue weighted by Gasteiger charge is -2.30. The van der Waals surface area contributed by atoms with Crippen molar-refractivity contribution < 1.29 is 14.3 Å². The second-order valence-electron chi connectivity index (χ2n) is 9.96. The Hall–Kier alpha value is -4.03. The third-order valence-corrected chi connectivity index (χ3v) is 7.27. The van der Waals surface area contributed by atoms with Crippen molar-refractivity contribution in [2.24, 2.45) is 0 Å². The number of amides is 1. The first kappa shape index (κ1) is 25.6. The number of pyridine rings is 1. The predicted molar refractivity (Wildman–Crippen MR) is 150 cm³/mol. The van der Waals surface area contributed by atoms with Crippen LogP contribution in [0, 0.1) is 0 Å². The molecule has 1 amide bonds. The smallest absolute Gasteiger partial charge is 0.318 e. The van der Waals surface area contributed by atoms with Gasteiger partial charge in [0, 0.05) is 30.0 Å². The summed E-state index contributed by atoms with van der Waals surface area (Å²) in [5.74, 6) is -0.605. The molecule has 5 rings (SSSR count). The molecule has 1 aromatic heterocycles. The molecule has 3 aromatic carbocycles. The molecule has 1 fully saturated rings. The Morgan fingerprint density at radius 2 is 1.66 bits per heavy atom. The second kappa shape index (κ2) is 12.0. The van der Waals surface area contributed by atoms with Crippen molar-refractivity contribution in [3.8, 4) is 5.75 Å². The molecule has 0 spiro atoms. The molecule has 0 radical (unpaired) electrons. The number of anilines is 1. The number of nitrogens with zero attached hydrogens (tertiary/aromatic N) is 2. The highest BCUT2D eigenvalue weighted by Crippen LogP contribution is 2.26. The second-order valence-corrected chi connectivity index (χ2v) is 9.96. The van der Waals surface area contributed by atoms with Gasteiger partial charge >= 0.3 is 5.97 Å². The Balaban J connectivity index is 1.32. The minimum atomic E-state index is -0.369. The van der Waals surface area contributed by atoms with E-state index in [0.717, 1.165) is 53.5 Å². The summed E-state index contributed by atoms with van der Waals surface area (Å²) < 4.78 is 5.66. The average molecular weight is 508 g/mol. The molecule has 0 bridgehead atoms. The Morgan fingerprint density at radius 3 is 2.42 bits per heavy atom. The lowest BCUT2D eigenvalue weighted by atomic mass is 9.96. The van der Waals surface area contributed by atoms with Gasteiger partial charge in [-0.1, -0.05) is 55.0 Å². The van der Waals surface area contributed by atoms with Crippen LogP contribution in [0.1, 0.15) is 49.1 Å². The average Bonchev–Trinajstić information content (AvgIpc) is 2.97. The Morgan fingerprint density at radius 1 is 0.895 bits per heavy atom. The van der Waals surface area contributed by atoms with Gasteiger partial charge in [-0.15, -0.1) is 0 Å². The van der Waals surface area contributed by atoms with E-state index in [1.54, 1.807) is 18.3 Å². The van der Waals surface area contributed by atoms with E-state index < -0.39 is 0 Å². The number of esters is 1. The summed E-state index contributed by atoms with van der Waals surface area (Å²) >= 11 is 0. The molecule has 194 valence electrons. The molecule has 0 aliphatic carbocycles. The number of carbonyl (C=O) groups is 2. The maximum absolute atomic E-state index is 13.6. The molecule has 1 aliphatic heterocycles. The lowest BCUT2D eigenvalue weighted by Crippen LogP contribution is -2.37. The van der Waals surface area contributed by atoms with Gasteiger partial charge in [-0.2, -0.15) is 0 Å². The van der Waals surface area contributed by atoms with Gasteiger partial charge in [0.05, 0.1) is 11.8 Å². The fourth-order valence-corrected chi connectivity index (χ4v) is 4.98. The number of piperidine rings is 1. The van der Waals surface area contributed by atoms with E-state index in [9.17, 15) is 9.59 Å². The zero-order valence-electron chi connectivity index (χ0n) is 21.7. The summed E-state index contributed by atoms with van der Waals surface area (Å²) in [7, 11) is 0. The quantitative estimate of drug-likeness (QED) is 0.229. The first-order chi connectivity index (χ1) is 18.6. The SMILES string of the molecule is CC(C(=O)Oc1ccc(C(CN2CCCCC2)C(=O)Nc2ccc3cnccc3c2)cc1)c1ccccc1. The minimum Gasteiger partial charge on any atom is -0.426 e. The van der Waals surface area contributed by atoms with Crippen LogP contribution in [0.2, 0.25) is 0 Å². The third kappa shape index (κ3) is 6.26. The summed E-state index contributed by atoms with van der Waals surface area (Å²) in [4.78, 5) is 32.8. The summed E-state index contributed by atoms with van der Waals surface area (Å²) in [6.07, 6.45) is 7.11. The van der Waals surface area contributed by atoms with Crippen LogP contribution in [0.25, 0.3) is 10.8 Å². The van der Waals surface area contributed by atoms with Crippen molar-refractivity contribution in [2.45, 2.75) is 38.0 Å². The van der Waals surface area contributed by atoms with Crippen LogP contribution in [0.4, 0.5) is 5.69 Å². The number of carbonyl (C=O) groups excluding carboxylic acids is 2. The summed E-state index contributed by atoms with van der Waals surface area (Å²) in [6, 6.07) is 24.8. The van der Waals surface area contributed by atoms with Gasteiger partial charge in [-0.3, -0.25) is 14.6 Å². The maximum Gasteiger partial charge on any atom is 0.318 e. The largest absolute Gasteiger partial charge is 0.426 e.